The molecule has 0 spiro atoms. The second-order valence-electron chi connectivity index (χ2n) is 5.30. The van der Waals surface area contributed by atoms with Gasteiger partial charge in [-0.2, -0.15) is 0 Å². The van der Waals surface area contributed by atoms with E-state index in [0.717, 1.165) is 0 Å². The molecule has 0 saturated heterocycles. The molecule has 0 aliphatic rings. The number of rotatable bonds is 3. The van der Waals surface area contributed by atoms with Crippen LogP contribution in [-0.4, -0.2) is 0 Å². The van der Waals surface area contributed by atoms with E-state index in [9.17, 15) is 43.9 Å². The second kappa shape index (κ2) is 8.36. The summed E-state index contributed by atoms with van der Waals surface area (Å²) in [5.74, 6) is -23.0. The SMILES string of the molecule is Fc1c(F)c(F)c(Sc2c(Br)sc(Br)c2-c2c(F)c(F)c(F)c(F)c2F)c(F)c1F. The summed E-state index contributed by atoms with van der Waals surface area (Å²) in [5.41, 5.74) is -2.19. The molecular formula is C16Br2F10S2. The summed E-state index contributed by atoms with van der Waals surface area (Å²) >= 11 is 6.16. The van der Waals surface area contributed by atoms with E-state index in [0.29, 0.717) is 11.3 Å². The molecule has 0 atom stereocenters. The number of thiophene rings is 1. The van der Waals surface area contributed by atoms with Gasteiger partial charge in [-0.25, -0.2) is 43.9 Å². The van der Waals surface area contributed by atoms with Crippen molar-refractivity contribution < 1.29 is 43.9 Å². The van der Waals surface area contributed by atoms with Gasteiger partial charge in [-0.05, 0) is 31.9 Å². The normalized spacial score (nSPS) is 11.5. The van der Waals surface area contributed by atoms with Crippen LogP contribution in [-0.2, 0) is 0 Å². The molecule has 0 aliphatic carbocycles. The summed E-state index contributed by atoms with van der Waals surface area (Å²) in [5, 5.41) is 0. The molecule has 30 heavy (non-hydrogen) atoms. The fourth-order valence-electron chi connectivity index (χ4n) is 2.27. The second-order valence-corrected chi connectivity index (χ2v) is 9.98. The third-order valence-electron chi connectivity index (χ3n) is 3.61. The van der Waals surface area contributed by atoms with Gasteiger partial charge in [0.2, 0.25) is 11.6 Å². The monoisotopic (exact) mass is 604 g/mol. The Balaban J connectivity index is 2.32. The Morgan fingerprint density at radius 2 is 0.800 bits per heavy atom. The molecule has 0 fully saturated rings. The van der Waals surface area contributed by atoms with E-state index in [2.05, 4.69) is 31.9 Å². The van der Waals surface area contributed by atoms with E-state index in [1.165, 1.54) is 0 Å². The first-order chi connectivity index (χ1) is 13.9. The molecule has 0 radical (unpaired) electrons. The standard InChI is InChI=1S/C16Br2F10S2/c17-15-2(1-3(19)5(21)7(23)6(22)4(1)20)13(16(18)30-15)29-14-11(27)9(25)8(24)10(26)12(14)28. The van der Waals surface area contributed by atoms with Crippen LogP contribution in [0.5, 0.6) is 0 Å². The van der Waals surface area contributed by atoms with Gasteiger partial charge in [0, 0.05) is 10.5 Å². The molecule has 0 N–H and O–H groups in total. The van der Waals surface area contributed by atoms with Gasteiger partial charge in [0.1, 0.15) is 0 Å². The van der Waals surface area contributed by atoms with Crippen LogP contribution in [0.4, 0.5) is 43.9 Å². The molecule has 3 aromatic rings. The zero-order chi connectivity index (χ0) is 22.7. The summed E-state index contributed by atoms with van der Waals surface area (Å²) in [6, 6.07) is 0. The minimum absolute atomic E-state index is 0.151. The predicted molar refractivity (Wildman–Crippen MR) is 95.3 cm³/mol. The molecule has 0 saturated carbocycles. The van der Waals surface area contributed by atoms with Gasteiger partial charge in [0.25, 0.3) is 0 Å². The van der Waals surface area contributed by atoms with E-state index in [4.69, 9.17) is 0 Å². The molecule has 0 aliphatic heterocycles. The van der Waals surface area contributed by atoms with Gasteiger partial charge >= 0.3 is 0 Å². The zero-order valence-corrected chi connectivity index (χ0v) is 18.2. The predicted octanol–water partition coefficient (Wildman–Crippen LogP) is 8.48. The minimum Gasteiger partial charge on any atom is -0.203 e. The molecule has 1 aromatic heterocycles. The van der Waals surface area contributed by atoms with Crippen molar-refractivity contribution in [3.63, 3.8) is 0 Å². The molecule has 0 amide bonds. The molecule has 2 aromatic carbocycles. The largest absolute Gasteiger partial charge is 0.203 e. The highest BCUT2D eigenvalue weighted by Gasteiger charge is 2.33. The van der Waals surface area contributed by atoms with Crippen molar-refractivity contribution in [1.82, 2.24) is 0 Å². The van der Waals surface area contributed by atoms with E-state index in [1.807, 2.05) is 0 Å². The van der Waals surface area contributed by atoms with Crippen LogP contribution in [0.25, 0.3) is 11.1 Å². The lowest BCUT2D eigenvalue weighted by atomic mass is 10.1. The first-order valence-electron chi connectivity index (χ1n) is 7.08. The third kappa shape index (κ3) is 3.54. The van der Waals surface area contributed by atoms with Gasteiger partial charge in [-0.1, -0.05) is 11.8 Å². The van der Waals surface area contributed by atoms with Crippen molar-refractivity contribution in [2.24, 2.45) is 0 Å². The fourth-order valence-corrected chi connectivity index (χ4v) is 6.78. The smallest absolute Gasteiger partial charge is 0.200 e. The van der Waals surface area contributed by atoms with Crippen molar-refractivity contribution in [2.75, 3.05) is 0 Å². The van der Waals surface area contributed by atoms with E-state index in [-0.39, 0.29) is 19.3 Å². The summed E-state index contributed by atoms with van der Waals surface area (Å²) in [4.78, 5) is -2.00. The lowest BCUT2D eigenvalue weighted by Gasteiger charge is -2.12. The highest BCUT2D eigenvalue weighted by molar-refractivity contribution is 9.12. The Morgan fingerprint density at radius 1 is 0.433 bits per heavy atom. The molecule has 0 nitrogen and oxygen atoms in total. The maximum absolute atomic E-state index is 14.3. The minimum atomic E-state index is -2.44. The quantitative estimate of drug-likeness (QED) is 0.164. The van der Waals surface area contributed by atoms with Crippen molar-refractivity contribution in [3.8, 4) is 11.1 Å². The molecule has 14 heteroatoms. The molecular weight excluding hydrogens is 606 g/mol. The van der Waals surface area contributed by atoms with Crippen LogP contribution in [0.3, 0.4) is 0 Å². The maximum Gasteiger partial charge on any atom is 0.200 e. The highest BCUT2D eigenvalue weighted by atomic mass is 79.9. The first kappa shape index (κ1) is 23.4. The first-order valence-corrected chi connectivity index (χ1v) is 10.3. The van der Waals surface area contributed by atoms with Crippen LogP contribution >= 0.6 is 55.0 Å². The van der Waals surface area contributed by atoms with Crippen LogP contribution in [0.15, 0.2) is 17.4 Å². The van der Waals surface area contributed by atoms with Crippen molar-refractivity contribution in [2.45, 2.75) is 9.79 Å². The molecule has 3 rings (SSSR count). The Kier molecular flexibility index (Phi) is 6.52. The number of benzene rings is 2. The van der Waals surface area contributed by atoms with Gasteiger partial charge in [0.15, 0.2) is 46.5 Å². The van der Waals surface area contributed by atoms with Gasteiger partial charge < -0.3 is 0 Å². The van der Waals surface area contributed by atoms with Crippen molar-refractivity contribution in [1.29, 1.82) is 0 Å². The fraction of sp³-hybridized carbons (Fsp3) is 0. The van der Waals surface area contributed by atoms with Gasteiger partial charge in [-0.3, -0.25) is 0 Å². The summed E-state index contributed by atoms with van der Waals surface area (Å²) in [6.45, 7) is 0. The average Bonchev–Trinajstić information content (AvgIpc) is 2.98. The van der Waals surface area contributed by atoms with Gasteiger partial charge in [0.05, 0.1) is 18.0 Å². The Labute approximate surface area is 185 Å². The van der Waals surface area contributed by atoms with Crippen molar-refractivity contribution >= 4 is 55.0 Å². The number of halogens is 12. The topological polar surface area (TPSA) is 0 Å². The van der Waals surface area contributed by atoms with Crippen LogP contribution in [0.2, 0.25) is 0 Å². The molecule has 0 unspecified atom stereocenters. The third-order valence-corrected chi connectivity index (χ3v) is 7.71. The summed E-state index contributed by atoms with van der Waals surface area (Å²) in [6.07, 6.45) is 0. The zero-order valence-electron chi connectivity index (χ0n) is 13.4. The highest BCUT2D eigenvalue weighted by Crippen LogP contribution is 2.52. The van der Waals surface area contributed by atoms with E-state index < -0.39 is 79.1 Å². The maximum atomic E-state index is 14.3. The van der Waals surface area contributed by atoms with E-state index >= 15 is 0 Å². The molecule has 1 heterocycles. The van der Waals surface area contributed by atoms with Crippen LogP contribution in [0.1, 0.15) is 0 Å². The Hall–Kier alpha value is -1.25. The van der Waals surface area contributed by atoms with Gasteiger partial charge in [-0.15, -0.1) is 11.3 Å². The van der Waals surface area contributed by atoms with Crippen molar-refractivity contribution in [3.05, 3.63) is 65.7 Å². The summed E-state index contributed by atoms with van der Waals surface area (Å²) in [7, 11) is 0. The Bertz CT molecular complexity index is 1150. The molecule has 160 valence electrons. The number of hydrogen-bond donors (Lipinski definition) is 0. The molecule has 0 bridgehead atoms. The number of hydrogen-bond acceptors (Lipinski definition) is 2. The van der Waals surface area contributed by atoms with Crippen LogP contribution in [0, 0.1) is 58.2 Å². The summed E-state index contributed by atoms with van der Waals surface area (Å²) < 4.78 is 137. The average molecular weight is 606 g/mol. The lowest BCUT2D eigenvalue weighted by Crippen LogP contribution is -2.05. The Morgan fingerprint density at radius 3 is 1.23 bits per heavy atom. The van der Waals surface area contributed by atoms with Crippen LogP contribution < -0.4 is 0 Å². The van der Waals surface area contributed by atoms with E-state index in [1.54, 1.807) is 0 Å². The lowest BCUT2D eigenvalue weighted by molar-refractivity contribution is 0.361.